The molecule has 0 aliphatic carbocycles. The lowest BCUT2D eigenvalue weighted by atomic mass is 10.0. The van der Waals surface area contributed by atoms with E-state index in [1.807, 2.05) is 0 Å². The van der Waals surface area contributed by atoms with Gasteiger partial charge in [0.2, 0.25) is 17.7 Å². The normalized spacial score (nSPS) is 15.1. The maximum Gasteiger partial charge on any atom is 0.326 e. The number of amides is 3. The minimum Gasteiger partial charge on any atom is -0.481 e. The first-order valence-electron chi connectivity index (χ1n) is 11.0. The molecule has 0 saturated carbocycles. The average molecular weight is 504 g/mol. The van der Waals surface area contributed by atoms with Crippen LogP contribution in [0.3, 0.4) is 0 Å². The molecule has 0 saturated heterocycles. The number of hydrogen-bond donors (Lipinski definition) is 9. The summed E-state index contributed by atoms with van der Waals surface area (Å²) in [5.74, 6) is -5.65. The topological polar surface area (TPSA) is 273 Å². The molecule has 0 spiro atoms. The van der Waals surface area contributed by atoms with Crippen LogP contribution in [0.25, 0.3) is 0 Å². The van der Waals surface area contributed by atoms with Crippen LogP contribution in [0.15, 0.2) is 4.99 Å². The second-order valence-corrected chi connectivity index (χ2v) is 8.34. The number of guanidine groups is 1. The van der Waals surface area contributed by atoms with Gasteiger partial charge in [0.05, 0.1) is 12.1 Å². The molecule has 200 valence electrons. The Morgan fingerprint density at radius 1 is 0.857 bits per heavy atom. The Labute approximate surface area is 202 Å². The van der Waals surface area contributed by atoms with Crippen molar-refractivity contribution in [2.24, 2.45) is 28.1 Å². The quantitative estimate of drug-likeness (QED) is 0.0574. The van der Waals surface area contributed by atoms with E-state index in [-0.39, 0.29) is 37.7 Å². The first-order chi connectivity index (χ1) is 16.2. The van der Waals surface area contributed by atoms with Gasteiger partial charge < -0.3 is 48.5 Å². The highest BCUT2D eigenvalue weighted by Crippen LogP contribution is 2.06. The van der Waals surface area contributed by atoms with Crippen molar-refractivity contribution in [3.8, 4) is 0 Å². The van der Waals surface area contributed by atoms with Gasteiger partial charge in [0.1, 0.15) is 18.1 Å². The Morgan fingerprint density at radius 2 is 1.43 bits per heavy atom. The summed E-state index contributed by atoms with van der Waals surface area (Å²) in [6.07, 6.45) is -2.08. The van der Waals surface area contributed by atoms with Crippen LogP contribution in [0.5, 0.6) is 0 Å². The summed E-state index contributed by atoms with van der Waals surface area (Å²) in [6, 6.07) is -5.23. The number of carboxylic acids is 2. The maximum atomic E-state index is 12.8. The van der Waals surface area contributed by atoms with E-state index in [9.17, 15) is 34.2 Å². The molecule has 5 unspecified atom stereocenters. The van der Waals surface area contributed by atoms with Crippen molar-refractivity contribution in [1.29, 1.82) is 0 Å². The van der Waals surface area contributed by atoms with Crippen LogP contribution in [0, 0.1) is 5.92 Å². The van der Waals surface area contributed by atoms with Crippen molar-refractivity contribution in [3.63, 3.8) is 0 Å². The maximum absolute atomic E-state index is 12.8. The van der Waals surface area contributed by atoms with Gasteiger partial charge in [0, 0.05) is 13.0 Å². The van der Waals surface area contributed by atoms with Gasteiger partial charge in [-0.3, -0.25) is 24.2 Å². The fourth-order valence-corrected chi connectivity index (χ4v) is 2.79. The molecule has 0 aromatic carbocycles. The molecule has 0 rings (SSSR count). The number of carbonyl (C=O) groups is 5. The fourth-order valence-electron chi connectivity index (χ4n) is 2.79. The van der Waals surface area contributed by atoms with E-state index in [2.05, 4.69) is 20.9 Å². The number of aliphatic carboxylic acids is 2. The van der Waals surface area contributed by atoms with Crippen LogP contribution >= 0.6 is 0 Å². The molecule has 3 amide bonds. The molecule has 0 aromatic heterocycles. The Morgan fingerprint density at radius 3 is 1.89 bits per heavy atom. The predicted octanol–water partition coefficient (Wildman–Crippen LogP) is -3.19. The summed E-state index contributed by atoms with van der Waals surface area (Å²) in [7, 11) is 0. The van der Waals surface area contributed by atoms with E-state index in [4.69, 9.17) is 22.3 Å². The van der Waals surface area contributed by atoms with Crippen molar-refractivity contribution in [2.75, 3.05) is 6.54 Å². The average Bonchev–Trinajstić information content (AvgIpc) is 2.74. The number of nitrogens with zero attached hydrogens (tertiary/aromatic N) is 1. The fraction of sp³-hybridized carbons (Fsp3) is 0.700. The van der Waals surface area contributed by atoms with Gasteiger partial charge in [-0.05, 0) is 32.1 Å². The van der Waals surface area contributed by atoms with Gasteiger partial charge >= 0.3 is 11.9 Å². The van der Waals surface area contributed by atoms with Crippen LogP contribution in [0.2, 0.25) is 0 Å². The number of aliphatic imine (C=N–C) groups is 1. The van der Waals surface area contributed by atoms with E-state index in [1.54, 1.807) is 13.8 Å². The highest BCUT2D eigenvalue weighted by atomic mass is 16.4. The number of carbonyl (C=O) groups excluding carboxylic acids is 3. The molecule has 0 aliphatic heterocycles. The molecule has 15 nitrogen and oxygen atoms in total. The van der Waals surface area contributed by atoms with Crippen LogP contribution in [-0.4, -0.2) is 87.8 Å². The third-order valence-corrected chi connectivity index (χ3v) is 4.92. The van der Waals surface area contributed by atoms with Crippen LogP contribution in [0.1, 0.15) is 46.5 Å². The highest BCUT2D eigenvalue weighted by Gasteiger charge is 2.32. The summed E-state index contributed by atoms with van der Waals surface area (Å²) in [5.41, 5.74) is 16.3. The lowest BCUT2D eigenvalue weighted by Crippen LogP contribution is -2.60. The minimum atomic E-state index is -1.52. The summed E-state index contributed by atoms with van der Waals surface area (Å²) >= 11 is 0. The van der Waals surface area contributed by atoms with Crippen molar-refractivity contribution >= 4 is 35.6 Å². The monoisotopic (exact) mass is 503 g/mol. The zero-order chi connectivity index (χ0) is 27.3. The first kappa shape index (κ1) is 31.5. The van der Waals surface area contributed by atoms with E-state index in [0.717, 1.165) is 0 Å². The predicted molar refractivity (Wildman–Crippen MR) is 125 cm³/mol. The molecule has 5 atom stereocenters. The van der Waals surface area contributed by atoms with Gasteiger partial charge in [-0.1, -0.05) is 13.8 Å². The standard InChI is InChI=1S/C20H37N7O8/c1-9(2)14(21)17(32)27-15(10(3)28)18(33)25-11(5-4-8-24-20(22)23)16(31)26-12(19(34)35)6-7-13(29)30/h9-12,14-15,28H,4-8,21H2,1-3H3,(H,25,33)(H,26,31)(H,27,32)(H,29,30)(H,34,35)(H4,22,23,24). The number of carboxylic acid groups (broad SMARTS) is 2. The number of nitrogens with one attached hydrogen (secondary N) is 3. The molecule has 0 aliphatic rings. The minimum absolute atomic E-state index is 0.0361. The van der Waals surface area contributed by atoms with Gasteiger partial charge in [-0.15, -0.1) is 0 Å². The van der Waals surface area contributed by atoms with Crippen molar-refractivity contribution in [3.05, 3.63) is 0 Å². The number of aliphatic hydroxyl groups is 1. The van der Waals surface area contributed by atoms with E-state index in [1.165, 1.54) is 6.92 Å². The van der Waals surface area contributed by atoms with Crippen molar-refractivity contribution < 1.29 is 39.3 Å². The Hall–Kier alpha value is -3.46. The molecule has 0 bridgehead atoms. The molecule has 0 radical (unpaired) electrons. The molecule has 0 fully saturated rings. The van der Waals surface area contributed by atoms with E-state index < -0.39 is 66.4 Å². The van der Waals surface area contributed by atoms with Crippen LogP contribution in [0.4, 0.5) is 0 Å². The second kappa shape index (κ2) is 15.4. The molecule has 12 N–H and O–H groups in total. The van der Waals surface area contributed by atoms with E-state index in [0.29, 0.717) is 0 Å². The first-order valence-corrected chi connectivity index (χ1v) is 11.0. The van der Waals surface area contributed by atoms with Crippen molar-refractivity contribution in [2.45, 2.75) is 76.7 Å². The molecular weight excluding hydrogens is 466 g/mol. The molecular formula is C20H37N7O8. The summed E-state index contributed by atoms with van der Waals surface area (Å²) in [6.45, 7) is 4.75. The number of aliphatic hydroxyl groups excluding tert-OH is 1. The van der Waals surface area contributed by atoms with Gasteiger partial charge in [0.15, 0.2) is 5.96 Å². The third-order valence-electron chi connectivity index (χ3n) is 4.92. The number of hydrogen-bond acceptors (Lipinski definition) is 8. The zero-order valence-electron chi connectivity index (χ0n) is 20.1. The summed E-state index contributed by atoms with van der Waals surface area (Å²) in [4.78, 5) is 63.9. The SMILES string of the molecule is CC(C)C(N)C(=O)NC(C(=O)NC(CCCN=C(N)N)C(=O)NC(CCC(=O)O)C(=O)O)C(C)O. The summed E-state index contributed by atoms with van der Waals surface area (Å²) in [5, 5.41) is 35.0. The molecule has 0 aromatic rings. The number of rotatable bonds is 16. The summed E-state index contributed by atoms with van der Waals surface area (Å²) < 4.78 is 0. The Kier molecular flexibility index (Phi) is 13.9. The Bertz CT molecular complexity index is 783. The van der Waals surface area contributed by atoms with Gasteiger partial charge in [-0.2, -0.15) is 0 Å². The van der Waals surface area contributed by atoms with Gasteiger partial charge in [-0.25, -0.2) is 4.79 Å². The van der Waals surface area contributed by atoms with Crippen LogP contribution in [-0.2, 0) is 24.0 Å². The second-order valence-electron chi connectivity index (χ2n) is 8.34. The van der Waals surface area contributed by atoms with Crippen LogP contribution < -0.4 is 33.2 Å². The zero-order valence-corrected chi connectivity index (χ0v) is 20.1. The number of nitrogens with two attached hydrogens (primary N) is 3. The largest absolute Gasteiger partial charge is 0.481 e. The third kappa shape index (κ3) is 12.5. The smallest absolute Gasteiger partial charge is 0.326 e. The van der Waals surface area contributed by atoms with Gasteiger partial charge in [0.25, 0.3) is 0 Å². The highest BCUT2D eigenvalue weighted by molar-refractivity contribution is 5.94. The lowest BCUT2D eigenvalue weighted by molar-refractivity contribution is -0.143. The molecule has 15 heteroatoms. The molecule has 0 heterocycles. The lowest BCUT2D eigenvalue weighted by Gasteiger charge is -2.27. The molecule has 35 heavy (non-hydrogen) atoms. The Balaban J connectivity index is 5.59. The van der Waals surface area contributed by atoms with E-state index >= 15 is 0 Å². The van der Waals surface area contributed by atoms with Crippen molar-refractivity contribution in [1.82, 2.24) is 16.0 Å².